The lowest BCUT2D eigenvalue weighted by Crippen LogP contribution is -2.61. The number of nitrogens with zero attached hydrogens (tertiary/aromatic N) is 3. The Morgan fingerprint density at radius 3 is 2.51 bits per heavy atom. The third-order valence-electron chi connectivity index (χ3n) is 7.12. The van der Waals surface area contributed by atoms with Crippen LogP contribution in [-0.4, -0.2) is 52.0 Å². The first kappa shape index (κ1) is 26.6. The molecule has 3 heterocycles. The van der Waals surface area contributed by atoms with Gasteiger partial charge in [0.25, 0.3) is 11.8 Å². The average molecular weight is 533 g/mol. The number of rotatable bonds is 8. The first-order valence-electron chi connectivity index (χ1n) is 13.3. The van der Waals surface area contributed by atoms with E-state index in [2.05, 4.69) is 24.1 Å². The molecule has 1 atom stereocenters. The summed E-state index contributed by atoms with van der Waals surface area (Å²) in [6, 6.07) is 15.1. The van der Waals surface area contributed by atoms with Gasteiger partial charge in [-0.2, -0.15) is 0 Å². The lowest BCUT2D eigenvalue weighted by molar-refractivity contribution is -0.0148. The van der Waals surface area contributed by atoms with Gasteiger partial charge in [0.05, 0.1) is 6.54 Å². The van der Waals surface area contributed by atoms with Crippen LogP contribution >= 0.6 is 0 Å². The molecule has 2 aromatic carbocycles. The molecule has 0 bridgehead atoms. The number of aromatic nitrogens is 1. The van der Waals surface area contributed by atoms with Crippen molar-refractivity contribution in [3.8, 4) is 5.75 Å². The zero-order valence-corrected chi connectivity index (χ0v) is 22.2. The topological polar surface area (TPSA) is 83.9 Å². The highest BCUT2D eigenvalue weighted by molar-refractivity contribution is 5.99. The second-order valence-electron chi connectivity index (χ2n) is 10.5. The van der Waals surface area contributed by atoms with E-state index in [0.29, 0.717) is 24.6 Å². The van der Waals surface area contributed by atoms with Crippen molar-refractivity contribution < 1.29 is 18.7 Å². The minimum absolute atomic E-state index is 0.0832. The Bertz CT molecular complexity index is 1400. The van der Waals surface area contributed by atoms with Gasteiger partial charge in [-0.3, -0.25) is 19.3 Å². The highest BCUT2D eigenvalue weighted by atomic mass is 19.1. The van der Waals surface area contributed by atoms with Crippen molar-refractivity contribution >= 4 is 11.8 Å². The quantitative estimate of drug-likeness (QED) is 0.479. The summed E-state index contributed by atoms with van der Waals surface area (Å²) in [5.74, 6) is -0.906. The molecule has 8 nitrogen and oxygen atoms in total. The number of benzene rings is 2. The Morgan fingerprint density at radius 1 is 1.05 bits per heavy atom. The van der Waals surface area contributed by atoms with E-state index in [1.807, 2.05) is 35.2 Å². The van der Waals surface area contributed by atoms with E-state index in [0.717, 1.165) is 25.1 Å². The summed E-state index contributed by atoms with van der Waals surface area (Å²) in [6.45, 7) is 7.24. The maximum absolute atomic E-state index is 13.8. The van der Waals surface area contributed by atoms with E-state index in [4.69, 9.17) is 4.74 Å². The molecule has 204 valence electrons. The standard InChI is InChI=1S/C30H33FN4O4/c1-20(2)16-33-13-6-14-35-25(33)18-34-17-24(29(37)32-15-21-9-11-23(31)12-10-21)27(36)28(26(34)30(35)38)39-19-22-7-4-3-5-8-22/h3-5,7-12,17,20,25H,6,13-16,18-19H2,1-2H3,(H,32,37). The first-order chi connectivity index (χ1) is 18.8. The van der Waals surface area contributed by atoms with Crippen LogP contribution in [0.2, 0.25) is 0 Å². The van der Waals surface area contributed by atoms with Crippen LogP contribution in [0.25, 0.3) is 0 Å². The van der Waals surface area contributed by atoms with E-state index in [1.165, 1.54) is 18.3 Å². The van der Waals surface area contributed by atoms with Crippen molar-refractivity contribution in [2.75, 3.05) is 19.6 Å². The minimum Gasteiger partial charge on any atom is -0.483 e. The maximum Gasteiger partial charge on any atom is 0.275 e. The molecule has 1 fully saturated rings. The molecule has 1 saturated heterocycles. The number of hydrogen-bond donors (Lipinski definition) is 1. The Hall–Kier alpha value is -3.98. The largest absolute Gasteiger partial charge is 0.483 e. The lowest BCUT2D eigenvalue weighted by Gasteiger charge is -2.47. The lowest BCUT2D eigenvalue weighted by atomic mass is 10.1. The molecule has 2 aliphatic rings. The van der Waals surface area contributed by atoms with E-state index in [-0.39, 0.29) is 48.0 Å². The van der Waals surface area contributed by atoms with Gasteiger partial charge >= 0.3 is 0 Å². The molecule has 3 aromatic rings. The van der Waals surface area contributed by atoms with E-state index in [9.17, 15) is 18.8 Å². The van der Waals surface area contributed by atoms with Gasteiger partial charge in [-0.25, -0.2) is 4.39 Å². The highest BCUT2D eigenvalue weighted by Gasteiger charge is 2.41. The smallest absolute Gasteiger partial charge is 0.275 e. The summed E-state index contributed by atoms with van der Waals surface area (Å²) in [5, 5.41) is 2.75. The van der Waals surface area contributed by atoms with Crippen molar-refractivity contribution in [3.63, 3.8) is 0 Å². The Balaban J connectivity index is 1.50. The second kappa shape index (κ2) is 11.4. The van der Waals surface area contributed by atoms with Gasteiger partial charge in [-0.1, -0.05) is 56.3 Å². The second-order valence-corrected chi connectivity index (χ2v) is 10.5. The molecule has 2 aliphatic heterocycles. The predicted molar refractivity (Wildman–Crippen MR) is 145 cm³/mol. The third-order valence-corrected chi connectivity index (χ3v) is 7.12. The molecule has 0 saturated carbocycles. The average Bonchev–Trinajstić information content (AvgIpc) is 2.93. The molecular weight excluding hydrogens is 499 g/mol. The summed E-state index contributed by atoms with van der Waals surface area (Å²) in [4.78, 5) is 44.8. The van der Waals surface area contributed by atoms with Crippen LogP contribution in [0.5, 0.6) is 5.75 Å². The molecule has 1 N–H and O–H groups in total. The Labute approximate surface area is 227 Å². The van der Waals surface area contributed by atoms with Crippen molar-refractivity contribution in [2.24, 2.45) is 5.92 Å². The molecule has 9 heteroatoms. The van der Waals surface area contributed by atoms with Crippen LogP contribution in [-0.2, 0) is 19.7 Å². The fourth-order valence-electron chi connectivity index (χ4n) is 5.29. The first-order valence-corrected chi connectivity index (χ1v) is 13.3. The minimum atomic E-state index is -0.628. The number of carbonyl (C=O) groups is 2. The van der Waals surface area contributed by atoms with Gasteiger partial charge in [0.1, 0.15) is 24.2 Å². The van der Waals surface area contributed by atoms with Crippen molar-refractivity contribution in [3.05, 3.63) is 99.2 Å². The van der Waals surface area contributed by atoms with Gasteiger partial charge in [0, 0.05) is 32.4 Å². The van der Waals surface area contributed by atoms with Crippen LogP contribution in [0.1, 0.15) is 52.2 Å². The number of halogens is 1. The van der Waals surface area contributed by atoms with Crippen LogP contribution in [0.4, 0.5) is 4.39 Å². The Kier molecular flexibility index (Phi) is 7.79. The van der Waals surface area contributed by atoms with Gasteiger partial charge < -0.3 is 19.5 Å². The summed E-state index contributed by atoms with van der Waals surface area (Å²) < 4.78 is 21.0. The van der Waals surface area contributed by atoms with Crippen molar-refractivity contribution in [2.45, 2.75) is 46.1 Å². The van der Waals surface area contributed by atoms with Crippen LogP contribution < -0.4 is 15.5 Å². The molecule has 0 spiro atoms. The molecule has 5 rings (SSSR count). The number of fused-ring (bicyclic) bond motifs is 2. The van der Waals surface area contributed by atoms with E-state index < -0.39 is 11.3 Å². The van der Waals surface area contributed by atoms with Crippen LogP contribution in [0.15, 0.2) is 65.6 Å². The zero-order valence-electron chi connectivity index (χ0n) is 22.2. The summed E-state index contributed by atoms with van der Waals surface area (Å²) >= 11 is 0. The fraction of sp³-hybridized carbons (Fsp3) is 0.367. The summed E-state index contributed by atoms with van der Waals surface area (Å²) in [5.41, 5.74) is 0.978. The van der Waals surface area contributed by atoms with Crippen LogP contribution in [0.3, 0.4) is 0 Å². The van der Waals surface area contributed by atoms with Crippen LogP contribution in [0, 0.1) is 11.7 Å². The zero-order chi connectivity index (χ0) is 27.5. The van der Waals surface area contributed by atoms with Gasteiger partial charge in [0.2, 0.25) is 5.43 Å². The summed E-state index contributed by atoms with van der Waals surface area (Å²) in [7, 11) is 0. The normalized spacial score (nSPS) is 17.1. The van der Waals surface area contributed by atoms with E-state index in [1.54, 1.807) is 16.7 Å². The molecule has 1 unspecified atom stereocenters. The molecule has 0 radical (unpaired) electrons. The molecule has 0 aliphatic carbocycles. The predicted octanol–water partition coefficient (Wildman–Crippen LogP) is 3.64. The highest BCUT2D eigenvalue weighted by Crippen LogP contribution is 2.29. The fourth-order valence-corrected chi connectivity index (χ4v) is 5.29. The number of nitrogens with one attached hydrogen (secondary N) is 1. The molecule has 1 aromatic heterocycles. The molecular formula is C30H33FN4O4. The summed E-state index contributed by atoms with van der Waals surface area (Å²) in [6.07, 6.45) is 2.16. The third kappa shape index (κ3) is 5.73. The number of hydrogen-bond acceptors (Lipinski definition) is 5. The number of amides is 2. The Morgan fingerprint density at radius 2 is 1.79 bits per heavy atom. The number of carbonyl (C=O) groups excluding carboxylic acids is 2. The maximum atomic E-state index is 13.8. The SMILES string of the molecule is CC(C)CN1CCCN2C(=O)c3c(OCc4ccccc4)c(=O)c(C(=O)NCc4ccc(F)cc4)cn3CC12. The van der Waals surface area contributed by atoms with Gasteiger partial charge in [-0.05, 0) is 35.6 Å². The van der Waals surface area contributed by atoms with Gasteiger partial charge in [-0.15, -0.1) is 0 Å². The number of ether oxygens (including phenoxy) is 1. The van der Waals surface area contributed by atoms with Crippen molar-refractivity contribution in [1.82, 2.24) is 19.7 Å². The molecule has 39 heavy (non-hydrogen) atoms. The van der Waals surface area contributed by atoms with Gasteiger partial charge in [0.15, 0.2) is 11.4 Å². The monoisotopic (exact) mass is 532 g/mol. The molecule has 2 amide bonds. The van der Waals surface area contributed by atoms with Crippen molar-refractivity contribution in [1.29, 1.82) is 0 Å². The van der Waals surface area contributed by atoms with E-state index >= 15 is 0 Å². The number of pyridine rings is 1.